The second-order valence-electron chi connectivity index (χ2n) is 4.03. The summed E-state index contributed by atoms with van der Waals surface area (Å²) >= 11 is 1.35. The van der Waals surface area contributed by atoms with Crippen LogP contribution in [0.15, 0.2) is 24.3 Å². The Morgan fingerprint density at radius 1 is 1.47 bits per heavy atom. The summed E-state index contributed by atoms with van der Waals surface area (Å²) < 4.78 is 13.5. The Balaban J connectivity index is 2.12. The van der Waals surface area contributed by atoms with E-state index in [1.54, 1.807) is 18.2 Å². The first-order valence-corrected chi connectivity index (χ1v) is 6.57. The molecule has 0 aliphatic rings. The van der Waals surface area contributed by atoms with Gasteiger partial charge >= 0.3 is 5.97 Å². The number of benzene rings is 1. The first kappa shape index (κ1) is 13.5. The average molecular weight is 280 g/mol. The number of aliphatic carboxylic acids is 1. The summed E-state index contributed by atoms with van der Waals surface area (Å²) in [5.74, 6) is -1.18. The summed E-state index contributed by atoms with van der Waals surface area (Å²) in [6, 6.07) is 6.35. The van der Waals surface area contributed by atoms with E-state index < -0.39 is 5.97 Å². The minimum atomic E-state index is -0.837. The molecule has 0 spiro atoms. The van der Waals surface area contributed by atoms with Gasteiger partial charge in [0.25, 0.3) is 0 Å². The van der Waals surface area contributed by atoms with E-state index in [0.717, 1.165) is 10.6 Å². The van der Waals surface area contributed by atoms with Gasteiger partial charge < -0.3 is 10.4 Å². The number of nitrogens with zero attached hydrogens (tertiary/aromatic N) is 1. The number of carboxylic acid groups (broad SMARTS) is 1. The van der Waals surface area contributed by atoms with Crippen molar-refractivity contribution in [1.82, 2.24) is 4.98 Å². The van der Waals surface area contributed by atoms with Crippen molar-refractivity contribution in [3.63, 3.8) is 0 Å². The van der Waals surface area contributed by atoms with Crippen molar-refractivity contribution in [3.05, 3.63) is 40.7 Å². The summed E-state index contributed by atoms with van der Waals surface area (Å²) in [6.45, 7) is 1.82. The van der Waals surface area contributed by atoms with Gasteiger partial charge in [0.15, 0.2) is 5.13 Å². The highest BCUT2D eigenvalue weighted by Crippen LogP contribution is 2.27. The number of thiazole rings is 1. The maximum absolute atomic E-state index is 13.5. The van der Waals surface area contributed by atoms with Gasteiger partial charge in [0.1, 0.15) is 5.82 Å². The van der Waals surface area contributed by atoms with Crippen LogP contribution in [0.3, 0.4) is 0 Å². The molecule has 0 saturated heterocycles. The molecule has 4 nitrogen and oxygen atoms in total. The topological polar surface area (TPSA) is 62.2 Å². The van der Waals surface area contributed by atoms with Gasteiger partial charge in [-0.05, 0) is 25.5 Å². The lowest BCUT2D eigenvalue weighted by Crippen LogP contribution is -1.96. The van der Waals surface area contributed by atoms with Gasteiger partial charge in [-0.3, -0.25) is 4.79 Å². The Morgan fingerprint density at radius 3 is 2.89 bits per heavy atom. The van der Waals surface area contributed by atoms with Crippen molar-refractivity contribution in [3.8, 4) is 0 Å². The Kier molecular flexibility index (Phi) is 4.11. The molecule has 2 aromatic rings. The van der Waals surface area contributed by atoms with Gasteiger partial charge in [0.05, 0.1) is 17.8 Å². The van der Waals surface area contributed by atoms with Crippen molar-refractivity contribution in [1.29, 1.82) is 0 Å². The minimum absolute atomic E-state index is 0.0716. The number of hydrogen-bond acceptors (Lipinski definition) is 4. The lowest BCUT2D eigenvalue weighted by molar-refractivity contribution is -0.136. The summed E-state index contributed by atoms with van der Waals surface area (Å²) in [6.07, 6.45) is 0.514. The molecule has 0 radical (unpaired) electrons. The van der Waals surface area contributed by atoms with Crippen LogP contribution >= 0.6 is 11.3 Å². The second-order valence-corrected chi connectivity index (χ2v) is 5.11. The largest absolute Gasteiger partial charge is 0.481 e. The number of carboxylic acids is 1. The van der Waals surface area contributed by atoms with Crippen LogP contribution in [0.5, 0.6) is 0 Å². The predicted octanol–water partition coefficient (Wildman–Crippen LogP) is 3.35. The molecule has 2 rings (SSSR count). The van der Waals surface area contributed by atoms with Crippen LogP contribution in [0.25, 0.3) is 0 Å². The standard InChI is InChI=1S/C13H13FN2O2S/c1-8-11(6-7-12(17)18)19-13(15-8)16-10-5-3-2-4-9(10)14/h2-5H,6-7H2,1H3,(H,15,16)(H,17,18). The van der Waals surface area contributed by atoms with E-state index in [1.807, 2.05) is 6.92 Å². The average Bonchev–Trinajstić information content (AvgIpc) is 2.70. The fraction of sp³-hybridized carbons (Fsp3) is 0.231. The summed E-state index contributed by atoms with van der Waals surface area (Å²) in [7, 11) is 0. The molecule has 0 aliphatic carbocycles. The number of hydrogen-bond donors (Lipinski definition) is 2. The monoisotopic (exact) mass is 280 g/mol. The zero-order valence-corrected chi connectivity index (χ0v) is 11.1. The molecule has 0 aliphatic heterocycles. The Bertz CT molecular complexity index is 598. The van der Waals surface area contributed by atoms with Gasteiger partial charge in [-0.25, -0.2) is 9.37 Å². The summed E-state index contributed by atoms with van der Waals surface area (Å²) in [5, 5.41) is 12.1. The smallest absolute Gasteiger partial charge is 0.303 e. The molecule has 2 N–H and O–H groups in total. The van der Waals surface area contributed by atoms with Crippen LogP contribution in [0.4, 0.5) is 15.2 Å². The van der Waals surface area contributed by atoms with Crippen molar-refractivity contribution >= 4 is 28.1 Å². The molecule has 0 amide bonds. The Labute approximate surface area is 113 Å². The highest BCUT2D eigenvalue weighted by molar-refractivity contribution is 7.15. The van der Waals surface area contributed by atoms with Crippen LogP contribution in [0, 0.1) is 12.7 Å². The number of para-hydroxylation sites is 1. The molecular formula is C13H13FN2O2S. The van der Waals surface area contributed by atoms with E-state index in [9.17, 15) is 9.18 Å². The second kappa shape index (κ2) is 5.79. The van der Waals surface area contributed by atoms with Crippen molar-refractivity contribution in [2.24, 2.45) is 0 Å². The quantitative estimate of drug-likeness (QED) is 0.881. The first-order chi connectivity index (χ1) is 9.06. The molecule has 0 saturated carbocycles. The molecule has 0 bridgehead atoms. The van der Waals surface area contributed by atoms with Crippen molar-refractivity contribution in [2.45, 2.75) is 19.8 Å². The number of halogens is 1. The minimum Gasteiger partial charge on any atom is -0.481 e. The van der Waals surface area contributed by atoms with Crippen LogP contribution < -0.4 is 5.32 Å². The number of nitrogens with one attached hydrogen (secondary N) is 1. The maximum Gasteiger partial charge on any atom is 0.303 e. The third-order valence-electron chi connectivity index (χ3n) is 2.57. The predicted molar refractivity (Wildman–Crippen MR) is 72.5 cm³/mol. The van der Waals surface area contributed by atoms with Gasteiger partial charge in [-0.1, -0.05) is 12.1 Å². The highest BCUT2D eigenvalue weighted by atomic mass is 32.1. The molecule has 1 heterocycles. The third-order valence-corrected chi connectivity index (χ3v) is 3.71. The highest BCUT2D eigenvalue weighted by Gasteiger charge is 2.10. The van der Waals surface area contributed by atoms with Crippen LogP contribution in [-0.2, 0) is 11.2 Å². The number of aryl methyl sites for hydroxylation is 2. The van der Waals surface area contributed by atoms with E-state index in [-0.39, 0.29) is 12.2 Å². The van der Waals surface area contributed by atoms with Crippen LogP contribution in [0.1, 0.15) is 17.0 Å². The Morgan fingerprint density at radius 2 is 2.21 bits per heavy atom. The molecule has 0 unspecified atom stereocenters. The molecule has 0 atom stereocenters. The molecule has 100 valence electrons. The lowest BCUT2D eigenvalue weighted by atomic mass is 10.2. The molecular weight excluding hydrogens is 267 g/mol. The van der Waals surface area contributed by atoms with Gasteiger partial charge in [0, 0.05) is 4.88 Å². The number of carbonyl (C=O) groups is 1. The van der Waals surface area contributed by atoms with E-state index in [4.69, 9.17) is 5.11 Å². The summed E-state index contributed by atoms with van der Waals surface area (Å²) in [4.78, 5) is 15.7. The molecule has 6 heteroatoms. The van der Waals surface area contributed by atoms with Crippen molar-refractivity contribution in [2.75, 3.05) is 5.32 Å². The SMILES string of the molecule is Cc1nc(Nc2ccccc2F)sc1CCC(=O)O. The molecule has 1 aromatic carbocycles. The molecule has 19 heavy (non-hydrogen) atoms. The van der Waals surface area contributed by atoms with E-state index in [2.05, 4.69) is 10.3 Å². The van der Waals surface area contributed by atoms with E-state index in [1.165, 1.54) is 17.4 Å². The fourth-order valence-corrected chi connectivity index (χ4v) is 2.59. The number of aromatic nitrogens is 1. The van der Waals surface area contributed by atoms with E-state index in [0.29, 0.717) is 17.2 Å². The fourth-order valence-electron chi connectivity index (χ4n) is 1.61. The van der Waals surface area contributed by atoms with Crippen LogP contribution in [0.2, 0.25) is 0 Å². The van der Waals surface area contributed by atoms with Gasteiger partial charge in [0.2, 0.25) is 0 Å². The number of anilines is 2. The van der Waals surface area contributed by atoms with Crippen LogP contribution in [-0.4, -0.2) is 16.1 Å². The normalized spacial score (nSPS) is 10.4. The number of rotatable bonds is 5. The Hall–Kier alpha value is -1.95. The van der Waals surface area contributed by atoms with Gasteiger partial charge in [-0.2, -0.15) is 0 Å². The maximum atomic E-state index is 13.5. The molecule has 0 fully saturated rings. The van der Waals surface area contributed by atoms with E-state index >= 15 is 0 Å². The first-order valence-electron chi connectivity index (χ1n) is 5.76. The lowest BCUT2D eigenvalue weighted by Gasteiger charge is -2.02. The summed E-state index contributed by atoms with van der Waals surface area (Å²) in [5.41, 5.74) is 1.14. The third kappa shape index (κ3) is 3.51. The molecule has 1 aromatic heterocycles. The van der Waals surface area contributed by atoms with Crippen molar-refractivity contribution < 1.29 is 14.3 Å². The van der Waals surface area contributed by atoms with Gasteiger partial charge in [-0.15, -0.1) is 11.3 Å². The zero-order valence-electron chi connectivity index (χ0n) is 10.3. The zero-order chi connectivity index (χ0) is 13.8.